The SMILES string of the molecule is Cc1c(-c2cc(Sc3ccccc3C#N)c3c(C#N)cnn3c2)cnn1C1CCN(C(C)C)CC1. The van der Waals surface area contributed by atoms with E-state index < -0.39 is 0 Å². The van der Waals surface area contributed by atoms with E-state index in [0.717, 1.165) is 58.1 Å². The lowest BCUT2D eigenvalue weighted by Gasteiger charge is -2.35. The van der Waals surface area contributed by atoms with Crippen LogP contribution in [0, 0.1) is 29.6 Å². The molecule has 35 heavy (non-hydrogen) atoms. The molecule has 1 fully saturated rings. The highest BCUT2D eigenvalue weighted by Crippen LogP contribution is 2.38. The number of piperidine rings is 1. The van der Waals surface area contributed by atoms with Crippen molar-refractivity contribution in [3.63, 3.8) is 0 Å². The van der Waals surface area contributed by atoms with Gasteiger partial charge in [-0.15, -0.1) is 0 Å². The molecule has 0 aliphatic carbocycles. The normalized spacial score (nSPS) is 14.9. The second-order valence-electron chi connectivity index (χ2n) is 9.22. The Morgan fingerprint density at radius 1 is 1.00 bits per heavy atom. The first-order valence-corrected chi connectivity index (χ1v) is 12.7. The van der Waals surface area contributed by atoms with Crippen molar-refractivity contribution in [1.29, 1.82) is 10.5 Å². The van der Waals surface area contributed by atoms with Gasteiger partial charge in [0.2, 0.25) is 0 Å². The Hall–Kier alpha value is -3.59. The molecule has 1 aliphatic heterocycles. The van der Waals surface area contributed by atoms with Crippen molar-refractivity contribution in [2.24, 2.45) is 0 Å². The number of nitriles is 2. The summed E-state index contributed by atoms with van der Waals surface area (Å²) >= 11 is 1.49. The molecule has 3 aromatic heterocycles. The molecule has 0 amide bonds. The quantitative estimate of drug-likeness (QED) is 0.377. The largest absolute Gasteiger partial charge is 0.301 e. The second-order valence-corrected chi connectivity index (χ2v) is 10.3. The van der Waals surface area contributed by atoms with E-state index in [-0.39, 0.29) is 0 Å². The van der Waals surface area contributed by atoms with Gasteiger partial charge in [-0.05, 0) is 51.8 Å². The third-order valence-electron chi connectivity index (χ3n) is 6.86. The number of hydrogen-bond donors (Lipinski definition) is 0. The van der Waals surface area contributed by atoms with Gasteiger partial charge >= 0.3 is 0 Å². The topological polar surface area (TPSA) is 85.9 Å². The summed E-state index contributed by atoms with van der Waals surface area (Å²) in [6.07, 6.45) is 7.69. The minimum Gasteiger partial charge on any atom is -0.301 e. The van der Waals surface area contributed by atoms with Gasteiger partial charge in [0.15, 0.2) is 0 Å². The van der Waals surface area contributed by atoms with Crippen LogP contribution in [0.1, 0.15) is 49.6 Å². The van der Waals surface area contributed by atoms with Crippen LogP contribution in [0.5, 0.6) is 0 Å². The van der Waals surface area contributed by atoms with Crippen LogP contribution in [-0.2, 0) is 0 Å². The first-order chi connectivity index (χ1) is 17.0. The van der Waals surface area contributed by atoms with Gasteiger partial charge in [-0.1, -0.05) is 23.9 Å². The van der Waals surface area contributed by atoms with Gasteiger partial charge in [-0.2, -0.15) is 20.7 Å². The van der Waals surface area contributed by atoms with E-state index in [1.807, 2.05) is 36.7 Å². The number of rotatable bonds is 5. The minimum absolute atomic E-state index is 0.397. The van der Waals surface area contributed by atoms with Crippen molar-refractivity contribution in [3.05, 3.63) is 65.7 Å². The number of aromatic nitrogens is 4. The van der Waals surface area contributed by atoms with Crippen molar-refractivity contribution < 1.29 is 0 Å². The molecule has 8 heteroatoms. The van der Waals surface area contributed by atoms with Gasteiger partial charge in [-0.25, -0.2) is 4.52 Å². The molecule has 0 bridgehead atoms. The van der Waals surface area contributed by atoms with Crippen molar-refractivity contribution in [2.45, 2.75) is 55.5 Å². The van der Waals surface area contributed by atoms with Gasteiger partial charge in [-0.3, -0.25) is 4.68 Å². The van der Waals surface area contributed by atoms with Crippen LogP contribution in [0.3, 0.4) is 0 Å². The highest BCUT2D eigenvalue weighted by atomic mass is 32.2. The summed E-state index contributed by atoms with van der Waals surface area (Å²) in [7, 11) is 0. The monoisotopic (exact) mass is 481 g/mol. The molecule has 5 rings (SSSR count). The first kappa shape index (κ1) is 23.2. The van der Waals surface area contributed by atoms with E-state index in [0.29, 0.717) is 23.2 Å². The zero-order chi connectivity index (χ0) is 24.5. The van der Waals surface area contributed by atoms with Crippen LogP contribution in [0.15, 0.2) is 58.7 Å². The molecule has 7 nitrogen and oxygen atoms in total. The van der Waals surface area contributed by atoms with E-state index in [1.54, 1.807) is 10.7 Å². The number of nitrogens with zero attached hydrogens (tertiary/aromatic N) is 7. The molecule has 1 aliphatic rings. The lowest BCUT2D eigenvalue weighted by Crippen LogP contribution is -2.39. The maximum absolute atomic E-state index is 9.66. The van der Waals surface area contributed by atoms with Crippen molar-refractivity contribution in [2.75, 3.05) is 13.1 Å². The van der Waals surface area contributed by atoms with Crippen molar-refractivity contribution >= 4 is 17.3 Å². The van der Waals surface area contributed by atoms with Crippen LogP contribution < -0.4 is 0 Å². The maximum Gasteiger partial charge on any atom is 0.103 e. The molecule has 0 N–H and O–H groups in total. The Labute approximate surface area is 209 Å². The molecule has 0 radical (unpaired) electrons. The Morgan fingerprint density at radius 3 is 2.46 bits per heavy atom. The smallest absolute Gasteiger partial charge is 0.103 e. The Balaban J connectivity index is 1.54. The number of likely N-dealkylation sites (tertiary alicyclic amines) is 1. The van der Waals surface area contributed by atoms with Gasteiger partial charge in [0.05, 0.1) is 35.1 Å². The second kappa shape index (κ2) is 9.58. The third-order valence-corrected chi connectivity index (χ3v) is 7.96. The van der Waals surface area contributed by atoms with Crippen molar-refractivity contribution in [1.82, 2.24) is 24.3 Å². The summed E-state index contributed by atoms with van der Waals surface area (Å²) in [5.74, 6) is 0. The molecule has 0 saturated carbocycles. The molecular weight excluding hydrogens is 454 g/mol. The van der Waals surface area contributed by atoms with Gasteiger partial charge < -0.3 is 4.90 Å². The predicted molar refractivity (Wildman–Crippen MR) is 136 cm³/mol. The predicted octanol–water partition coefficient (Wildman–Crippen LogP) is 5.45. The van der Waals surface area contributed by atoms with Gasteiger partial charge in [0, 0.05) is 51.9 Å². The molecule has 0 spiro atoms. The average molecular weight is 482 g/mol. The Morgan fingerprint density at radius 2 is 1.74 bits per heavy atom. The van der Waals surface area contributed by atoms with Crippen molar-refractivity contribution in [3.8, 4) is 23.3 Å². The zero-order valence-electron chi connectivity index (χ0n) is 20.1. The first-order valence-electron chi connectivity index (χ1n) is 11.9. The molecule has 0 unspecified atom stereocenters. The molecule has 176 valence electrons. The Kier molecular flexibility index (Phi) is 6.34. The standard InChI is InChI=1S/C27H27N7S/c1-18(2)32-10-8-23(9-11-32)34-19(3)24(16-31-34)21-12-26(27-22(14-29)15-30-33(27)17-21)35-25-7-5-4-6-20(25)13-28/h4-7,12,15-18,23H,8-11H2,1-3H3. The summed E-state index contributed by atoms with van der Waals surface area (Å²) in [5.41, 5.74) is 5.05. The highest BCUT2D eigenvalue weighted by molar-refractivity contribution is 7.99. The molecule has 1 saturated heterocycles. The van der Waals surface area contributed by atoms with Gasteiger partial charge in [0.25, 0.3) is 0 Å². The Bertz CT molecular complexity index is 1460. The summed E-state index contributed by atoms with van der Waals surface area (Å²) in [6, 6.07) is 15.1. The summed E-state index contributed by atoms with van der Waals surface area (Å²) < 4.78 is 3.95. The zero-order valence-corrected chi connectivity index (χ0v) is 21.0. The van der Waals surface area contributed by atoms with Crippen LogP contribution in [0.25, 0.3) is 16.6 Å². The van der Waals surface area contributed by atoms with Gasteiger partial charge in [0.1, 0.15) is 12.1 Å². The summed E-state index contributed by atoms with van der Waals surface area (Å²) in [6.45, 7) is 8.82. The lowest BCUT2D eigenvalue weighted by molar-refractivity contribution is 0.146. The fourth-order valence-corrected chi connectivity index (χ4v) is 5.97. The van der Waals surface area contributed by atoms with E-state index in [9.17, 15) is 10.5 Å². The summed E-state index contributed by atoms with van der Waals surface area (Å²) in [4.78, 5) is 4.26. The maximum atomic E-state index is 9.66. The van der Waals surface area contributed by atoms with E-state index >= 15 is 0 Å². The molecule has 4 heterocycles. The average Bonchev–Trinajstić information content (AvgIpc) is 3.47. The third kappa shape index (κ3) is 4.32. The fraction of sp³-hybridized carbons (Fsp3) is 0.333. The van der Waals surface area contributed by atoms with E-state index in [2.05, 4.69) is 53.7 Å². The van der Waals surface area contributed by atoms with Crippen LogP contribution in [0.2, 0.25) is 0 Å². The summed E-state index contributed by atoms with van der Waals surface area (Å²) in [5, 5.41) is 28.5. The minimum atomic E-state index is 0.397. The molecule has 1 aromatic carbocycles. The lowest BCUT2D eigenvalue weighted by atomic mass is 10.0. The van der Waals surface area contributed by atoms with Crippen LogP contribution >= 0.6 is 11.8 Å². The highest BCUT2D eigenvalue weighted by Gasteiger charge is 2.25. The number of hydrogen-bond acceptors (Lipinski definition) is 6. The number of benzene rings is 1. The van der Waals surface area contributed by atoms with E-state index in [1.165, 1.54) is 11.8 Å². The fourth-order valence-electron chi connectivity index (χ4n) is 4.88. The van der Waals surface area contributed by atoms with Crippen LogP contribution in [0.4, 0.5) is 0 Å². The van der Waals surface area contributed by atoms with E-state index in [4.69, 9.17) is 5.10 Å². The molecule has 0 atom stereocenters. The number of pyridine rings is 1. The number of fused-ring (bicyclic) bond motifs is 1. The van der Waals surface area contributed by atoms with Crippen LogP contribution in [-0.4, -0.2) is 43.4 Å². The molecule has 4 aromatic rings. The molecular formula is C27H27N7S.